The molecule has 0 spiro atoms. The highest BCUT2D eigenvalue weighted by molar-refractivity contribution is 5.22. The van der Waals surface area contributed by atoms with Gasteiger partial charge in [0.25, 0.3) is 0 Å². The van der Waals surface area contributed by atoms with Crippen LogP contribution in [0.3, 0.4) is 0 Å². The Morgan fingerprint density at radius 2 is 0.474 bits per heavy atom. The summed E-state index contributed by atoms with van der Waals surface area (Å²) < 4.78 is 0. The van der Waals surface area contributed by atoms with Gasteiger partial charge in [-0.15, -0.1) is 0 Å². The lowest BCUT2D eigenvalue weighted by atomic mass is 10.3. The van der Waals surface area contributed by atoms with E-state index >= 15 is 0 Å². The minimum atomic E-state index is 0.950. The van der Waals surface area contributed by atoms with Gasteiger partial charge in [0.2, 0.25) is 0 Å². The zero-order valence-corrected chi connectivity index (χ0v) is 11.1. The Hall–Kier alpha value is -2.34. The molecule has 1 rings (SSSR count). The van der Waals surface area contributed by atoms with E-state index < -0.39 is 0 Å². The number of rotatable bonds is 0. The lowest BCUT2D eigenvalue weighted by Crippen LogP contribution is -1.57. The van der Waals surface area contributed by atoms with E-state index in [1.165, 1.54) is 0 Å². The number of allylic oxidation sites excluding steroid dienone is 18. The molecule has 0 N–H and O–H groups in total. The van der Waals surface area contributed by atoms with Gasteiger partial charge in [-0.1, -0.05) is 109 Å². The molecule has 0 atom stereocenters. The highest BCUT2D eigenvalue weighted by atomic mass is 13.8. The van der Waals surface area contributed by atoms with E-state index in [2.05, 4.69) is 24.3 Å². The minimum Gasteiger partial charge on any atom is -0.0807 e. The maximum atomic E-state index is 2.12. The molecular formula is C19H20. The van der Waals surface area contributed by atoms with E-state index in [4.69, 9.17) is 0 Å². The largest absolute Gasteiger partial charge is 0.0807 e. The lowest BCUT2D eigenvalue weighted by molar-refractivity contribution is 1.39. The van der Waals surface area contributed by atoms with E-state index in [0.717, 1.165) is 6.42 Å². The van der Waals surface area contributed by atoms with Crippen LogP contribution in [-0.2, 0) is 0 Å². The Bertz CT molecular complexity index is 428. The zero-order valence-electron chi connectivity index (χ0n) is 11.1. The van der Waals surface area contributed by atoms with Crippen LogP contribution in [0.2, 0.25) is 0 Å². The van der Waals surface area contributed by atoms with Gasteiger partial charge in [0.1, 0.15) is 0 Å². The van der Waals surface area contributed by atoms with E-state index in [0.29, 0.717) is 0 Å². The summed E-state index contributed by atoms with van der Waals surface area (Å²) in [6, 6.07) is 0. The lowest BCUT2D eigenvalue weighted by Gasteiger charge is -1.79. The molecule has 0 bridgehead atoms. The summed E-state index contributed by atoms with van der Waals surface area (Å²) in [6.07, 6.45) is 37.5. The fourth-order valence-electron chi connectivity index (χ4n) is 1.29. The monoisotopic (exact) mass is 248 g/mol. The molecule has 0 nitrogen and oxygen atoms in total. The fourth-order valence-corrected chi connectivity index (χ4v) is 1.29. The molecule has 0 saturated heterocycles. The molecule has 19 heavy (non-hydrogen) atoms. The van der Waals surface area contributed by atoms with Crippen molar-refractivity contribution in [2.75, 3.05) is 0 Å². The topological polar surface area (TPSA) is 0 Å². The van der Waals surface area contributed by atoms with Crippen molar-refractivity contribution in [1.29, 1.82) is 0 Å². The molecule has 0 heterocycles. The second kappa shape index (κ2) is 12.1. The Labute approximate surface area is 116 Å². The maximum absolute atomic E-state index is 2.12. The Balaban J connectivity index is 2.63. The number of hydrogen-bond donors (Lipinski definition) is 0. The van der Waals surface area contributed by atoms with Crippen LogP contribution in [0, 0.1) is 0 Å². The summed E-state index contributed by atoms with van der Waals surface area (Å²) >= 11 is 0. The van der Waals surface area contributed by atoms with Crippen molar-refractivity contribution in [3.63, 3.8) is 0 Å². The van der Waals surface area contributed by atoms with Gasteiger partial charge >= 0.3 is 0 Å². The van der Waals surface area contributed by atoms with E-state index in [9.17, 15) is 0 Å². The SMILES string of the molecule is C1=C\C=C\C=C\C=C\C=C\C\C=C/C=C/C=C/C=C/1. The zero-order chi connectivity index (χ0) is 13.4. The molecule has 0 amide bonds. The third-order valence-corrected chi connectivity index (χ3v) is 2.21. The van der Waals surface area contributed by atoms with E-state index in [1.807, 2.05) is 85.1 Å². The molecule has 1 aliphatic rings. The first kappa shape index (κ1) is 14.7. The van der Waals surface area contributed by atoms with Gasteiger partial charge in [-0.05, 0) is 6.42 Å². The standard InChI is InChI=1S/C19H20/c1-2-4-6-8-10-12-14-16-18-19-17-15-13-11-9-7-5-3-1/h1-18H,19H2/b2-1-,5-3+,6-4+,9-7+,10-8+,13-11+,14-12+,17-15-,18-16+. The summed E-state index contributed by atoms with van der Waals surface area (Å²) in [7, 11) is 0. The summed E-state index contributed by atoms with van der Waals surface area (Å²) in [4.78, 5) is 0. The normalized spacial score (nSPS) is 31.6. The molecule has 0 aliphatic heterocycles. The molecule has 0 aromatic heterocycles. The first-order valence-corrected chi connectivity index (χ1v) is 6.48. The molecule has 0 saturated carbocycles. The van der Waals surface area contributed by atoms with E-state index in [1.54, 1.807) is 0 Å². The van der Waals surface area contributed by atoms with E-state index in [-0.39, 0.29) is 0 Å². The molecule has 0 fully saturated rings. The van der Waals surface area contributed by atoms with Crippen LogP contribution in [0.15, 0.2) is 109 Å². The highest BCUT2D eigenvalue weighted by Gasteiger charge is 1.69. The third-order valence-electron chi connectivity index (χ3n) is 2.21. The van der Waals surface area contributed by atoms with Crippen molar-refractivity contribution in [2.24, 2.45) is 0 Å². The van der Waals surface area contributed by atoms with Crippen LogP contribution in [-0.4, -0.2) is 0 Å². The molecule has 0 aromatic carbocycles. The summed E-state index contributed by atoms with van der Waals surface area (Å²) in [5, 5.41) is 0. The Morgan fingerprint density at radius 3 is 0.737 bits per heavy atom. The molecule has 0 aromatic rings. The van der Waals surface area contributed by atoms with Crippen LogP contribution < -0.4 is 0 Å². The first-order valence-electron chi connectivity index (χ1n) is 6.48. The predicted octanol–water partition coefficient (Wildman–Crippen LogP) is 5.40. The Morgan fingerprint density at radius 1 is 0.263 bits per heavy atom. The fraction of sp³-hybridized carbons (Fsp3) is 0.0526. The predicted molar refractivity (Wildman–Crippen MR) is 86.9 cm³/mol. The van der Waals surface area contributed by atoms with Crippen molar-refractivity contribution in [3.8, 4) is 0 Å². The Kier molecular flexibility index (Phi) is 9.39. The average molecular weight is 248 g/mol. The summed E-state index contributed by atoms with van der Waals surface area (Å²) in [5.74, 6) is 0. The molecule has 96 valence electrons. The van der Waals surface area contributed by atoms with Crippen molar-refractivity contribution >= 4 is 0 Å². The minimum absolute atomic E-state index is 0.950. The third kappa shape index (κ3) is 10.5. The second-order valence-corrected chi connectivity index (χ2v) is 3.79. The van der Waals surface area contributed by atoms with Crippen LogP contribution in [0.4, 0.5) is 0 Å². The number of hydrogen-bond acceptors (Lipinski definition) is 0. The molecule has 0 unspecified atom stereocenters. The quantitative estimate of drug-likeness (QED) is 0.538. The van der Waals surface area contributed by atoms with Crippen LogP contribution in [0.1, 0.15) is 6.42 Å². The van der Waals surface area contributed by atoms with Gasteiger partial charge in [0.15, 0.2) is 0 Å². The van der Waals surface area contributed by atoms with Gasteiger partial charge in [-0.2, -0.15) is 0 Å². The van der Waals surface area contributed by atoms with Crippen molar-refractivity contribution in [1.82, 2.24) is 0 Å². The second-order valence-electron chi connectivity index (χ2n) is 3.79. The van der Waals surface area contributed by atoms with Gasteiger partial charge in [-0.3, -0.25) is 0 Å². The summed E-state index contributed by atoms with van der Waals surface area (Å²) in [6.45, 7) is 0. The molecule has 1 aliphatic carbocycles. The first-order chi connectivity index (χ1) is 9.50. The van der Waals surface area contributed by atoms with Gasteiger partial charge < -0.3 is 0 Å². The van der Waals surface area contributed by atoms with Gasteiger partial charge in [0, 0.05) is 0 Å². The van der Waals surface area contributed by atoms with Crippen molar-refractivity contribution in [2.45, 2.75) is 6.42 Å². The van der Waals surface area contributed by atoms with Crippen LogP contribution in [0.5, 0.6) is 0 Å². The molecule has 0 heteroatoms. The highest BCUT2D eigenvalue weighted by Crippen LogP contribution is 1.90. The van der Waals surface area contributed by atoms with Gasteiger partial charge in [0.05, 0.1) is 0 Å². The van der Waals surface area contributed by atoms with Crippen molar-refractivity contribution < 1.29 is 0 Å². The summed E-state index contributed by atoms with van der Waals surface area (Å²) in [5.41, 5.74) is 0. The van der Waals surface area contributed by atoms with Crippen LogP contribution >= 0.6 is 0 Å². The molecule has 0 radical (unpaired) electrons. The van der Waals surface area contributed by atoms with Gasteiger partial charge in [-0.25, -0.2) is 0 Å². The maximum Gasteiger partial charge on any atom is -0.0163 e. The average Bonchev–Trinajstić information content (AvgIpc) is 2.43. The molecular weight excluding hydrogens is 228 g/mol. The smallest absolute Gasteiger partial charge is 0.0163 e. The van der Waals surface area contributed by atoms with Crippen molar-refractivity contribution in [3.05, 3.63) is 109 Å². The van der Waals surface area contributed by atoms with Crippen LogP contribution in [0.25, 0.3) is 0 Å².